The molecule has 144 valence electrons. The highest BCUT2D eigenvalue weighted by Crippen LogP contribution is 2.33. The zero-order valence-electron chi connectivity index (χ0n) is 15.6. The van der Waals surface area contributed by atoms with Gasteiger partial charge in [0.15, 0.2) is 0 Å². The van der Waals surface area contributed by atoms with E-state index < -0.39 is 5.79 Å². The molecule has 0 bridgehead atoms. The molecule has 0 spiro atoms. The Morgan fingerprint density at radius 3 is 2.93 bits per heavy atom. The number of benzene rings is 1. The number of aryl methyl sites for hydroxylation is 1. The van der Waals surface area contributed by atoms with Crippen LogP contribution in [0.5, 0.6) is 0 Å². The second-order valence-corrected chi connectivity index (χ2v) is 6.80. The van der Waals surface area contributed by atoms with Crippen molar-refractivity contribution < 1.29 is 4.39 Å². The Hall–Kier alpha value is -3.94. The van der Waals surface area contributed by atoms with E-state index in [2.05, 4.69) is 30.7 Å². The summed E-state index contributed by atoms with van der Waals surface area (Å²) in [5.74, 6) is -0.670. The molecule has 8 heteroatoms. The maximum atomic E-state index is 15.8. The van der Waals surface area contributed by atoms with Crippen molar-refractivity contribution in [2.75, 3.05) is 5.32 Å². The molecule has 4 aromatic rings. The summed E-state index contributed by atoms with van der Waals surface area (Å²) in [4.78, 5) is 11.9. The van der Waals surface area contributed by atoms with Crippen molar-refractivity contribution in [1.82, 2.24) is 30.0 Å². The topological polar surface area (TPSA) is 83.5 Å². The third kappa shape index (κ3) is 3.14. The smallest absolute Gasteiger partial charge is 0.228 e. The molecule has 1 aromatic carbocycles. The predicted molar refractivity (Wildman–Crippen MR) is 110 cm³/mol. The number of aromatic amines is 1. The van der Waals surface area contributed by atoms with Crippen molar-refractivity contribution in [2.24, 2.45) is 7.05 Å². The summed E-state index contributed by atoms with van der Waals surface area (Å²) in [6.45, 7) is 0. The highest BCUT2D eigenvalue weighted by molar-refractivity contribution is 5.81. The number of hydrogen-bond donors (Lipinski definition) is 3. The molecule has 0 fully saturated rings. The molecule has 1 aliphatic rings. The number of halogens is 1. The molecule has 1 atom stereocenters. The molecule has 29 heavy (non-hydrogen) atoms. The van der Waals surface area contributed by atoms with Gasteiger partial charge in [0.25, 0.3) is 0 Å². The first-order chi connectivity index (χ1) is 14.1. The number of aromatic nitrogens is 5. The van der Waals surface area contributed by atoms with E-state index in [1.807, 2.05) is 37.5 Å². The molecule has 3 aromatic heterocycles. The first kappa shape index (κ1) is 17.2. The Morgan fingerprint density at radius 2 is 2.07 bits per heavy atom. The highest BCUT2D eigenvalue weighted by atomic mass is 19.1. The minimum atomic E-state index is -1.84. The van der Waals surface area contributed by atoms with Crippen LogP contribution >= 0.6 is 0 Å². The molecule has 0 amide bonds. The number of anilines is 2. The van der Waals surface area contributed by atoms with Crippen LogP contribution in [0.1, 0.15) is 11.3 Å². The Balaban J connectivity index is 1.49. The number of H-pyrrole nitrogens is 1. The van der Waals surface area contributed by atoms with Crippen molar-refractivity contribution >= 4 is 28.2 Å². The molecule has 0 saturated carbocycles. The minimum absolute atomic E-state index is 0.413. The van der Waals surface area contributed by atoms with E-state index in [4.69, 9.17) is 0 Å². The lowest BCUT2D eigenvalue weighted by molar-refractivity contribution is 0.201. The number of dihydropyridines is 1. The monoisotopic (exact) mass is 387 g/mol. The van der Waals surface area contributed by atoms with Crippen LogP contribution in [0.4, 0.5) is 16.2 Å². The third-order valence-corrected chi connectivity index (χ3v) is 4.90. The molecule has 4 heterocycles. The number of rotatable bonds is 4. The second-order valence-electron chi connectivity index (χ2n) is 6.80. The van der Waals surface area contributed by atoms with Gasteiger partial charge in [0.1, 0.15) is 5.82 Å². The standard InChI is InChI=1S/C21H18FN7/c1-29-19(7-11-26-29)28-20-24-9-6-17(27-20)15-5-10-25-21(22,13-15)16-3-2-14-4-8-23-18(14)12-16/h2-13,23,25H,1H3,(H,24,27,28). The van der Waals surface area contributed by atoms with Gasteiger partial charge in [-0.15, -0.1) is 0 Å². The van der Waals surface area contributed by atoms with Gasteiger partial charge < -0.3 is 15.6 Å². The summed E-state index contributed by atoms with van der Waals surface area (Å²) in [5.41, 5.74) is 2.67. The van der Waals surface area contributed by atoms with Gasteiger partial charge in [-0.3, -0.25) is 4.68 Å². The van der Waals surface area contributed by atoms with Crippen molar-refractivity contribution in [3.05, 3.63) is 84.6 Å². The molecule has 0 aliphatic carbocycles. The highest BCUT2D eigenvalue weighted by Gasteiger charge is 2.31. The molecule has 0 radical (unpaired) electrons. The molecular weight excluding hydrogens is 369 g/mol. The maximum absolute atomic E-state index is 15.8. The quantitative estimate of drug-likeness (QED) is 0.465. The predicted octanol–water partition coefficient (Wildman–Crippen LogP) is 3.76. The molecule has 3 N–H and O–H groups in total. The van der Waals surface area contributed by atoms with Crippen LogP contribution in [-0.4, -0.2) is 24.7 Å². The van der Waals surface area contributed by atoms with E-state index in [0.29, 0.717) is 22.8 Å². The number of allylic oxidation sites excluding steroid dienone is 2. The molecule has 7 nitrogen and oxygen atoms in total. The molecule has 5 rings (SSSR count). The molecule has 1 unspecified atom stereocenters. The van der Waals surface area contributed by atoms with E-state index in [9.17, 15) is 0 Å². The number of hydrogen-bond acceptors (Lipinski definition) is 5. The number of nitrogens with zero attached hydrogens (tertiary/aromatic N) is 4. The fourth-order valence-corrected chi connectivity index (χ4v) is 3.35. The summed E-state index contributed by atoms with van der Waals surface area (Å²) >= 11 is 0. The first-order valence-corrected chi connectivity index (χ1v) is 9.13. The summed E-state index contributed by atoms with van der Waals surface area (Å²) < 4.78 is 17.5. The average Bonchev–Trinajstić information content (AvgIpc) is 3.37. The minimum Gasteiger partial charge on any atom is -0.361 e. The first-order valence-electron chi connectivity index (χ1n) is 9.13. The van der Waals surface area contributed by atoms with Crippen LogP contribution in [0.25, 0.3) is 16.5 Å². The van der Waals surface area contributed by atoms with Crippen molar-refractivity contribution in [1.29, 1.82) is 0 Å². The average molecular weight is 387 g/mol. The van der Waals surface area contributed by atoms with Gasteiger partial charge in [-0.2, -0.15) is 5.10 Å². The second kappa shape index (κ2) is 6.59. The van der Waals surface area contributed by atoms with Crippen LogP contribution in [0.2, 0.25) is 0 Å². The van der Waals surface area contributed by atoms with Gasteiger partial charge in [-0.25, -0.2) is 14.4 Å². The lowest BCUT2D eigenvalue weighted by atomic mass is 9.97. The fourth-order valence-electron chi connectivity index (χ4n) is 3.35. The molecule has 1 aliphatic heterocycles. The molecule has 0 saturated heterocycles. The van der Waals surface area contributed by atoms with Crippen molar-refractivity contribution in [3.8, 4) is 0 Å². The number of nitrogens with one attached hydrogen (secondary N) is 3. The van der Waals surface area contributed by atoms with Gasteiger partial charge in [0, 0.05) is 48.4 Å². The zero-order chi connectivity index (χ0) is 19.8. The van der Waals surface area contributed by atoms with Crippen LogP contribution in [-0.2, 0) is 12.8 Å². The van der Waals surface area contributed by atoms with E-state index in [0.717, 1.165) is 16.7 Å². The summed E-state index contributed by atoms with van der Waals surface area (Å²) in [6, 6.07) is 11.0. The summed E-state index contributed by atoms with van der Waals surface area (Å²) in [5, 5.41) is 11.1. The Morgan fingerprint density at radius 1 is 1.14 bits per heavy atom. The summed E-state index contributed by atoms with van der Waals surface area (Å²) in [7, 11) is 1.82. The Bertz CT molecular complexity index is 1250. The van der Waals surface area contributed by atoms with Crippen molar-refractivity contribution in [2.45, 2.75) is 5.79 Å². The van der Waals surface area contributed by atoms with Crippen LogP contribution in [0.15, 0.2) is 73.3 Å². The third-order valence-electron chi connectivity index (χ3n) is 4.90. The van der Waals surface area contributed by atoms with Crippen LogP contribution in [0, 0.1) is 0 Å². The zero-order valence-corrected chi connectivity index (χ0v) is 15.6. The van der Waals surface area contributed by atoms with E-state index in [-0.39, 0.29) is 0 Å². The lowest BCUT2D eigenvalue weighted by Gasteiger charge is -2.27. The van der Waals surface area contributed by atoms with Crippen LogP contribution < -0.4 is 10.6 Å². The maximum Gasteiger partial charge on any atom is 0.228 e. The number of alkyl halides is 1. The van der Waals surface area contributed by atoms with E-state index in [1.165, 1.54) is 6.08 Å². The van der Waals surface area contributed by atoms with E-state index in [1.54, 1.807) is 41.5 Å². The van der Waals surface area contributed by atoms with Gasteiger partial charge in [-0.1, -0.05) is 12.1 Å². The summed E-state index contributed by atoms with van der Waals surface area (Å²) in [6.07, 6.45) is 10.1. The SMILES string of the molecule is Cn1nccc1Nc1nccc(C2=CC(F)(c3ccc4cc[nH]c4c3)NC=C2)n1. The Kier molecular flexibility index (Phi) is 3.90. The number of fused-ring (bicyclic) bond motifs is 1. The fraction of sp³-hybridized carbons (Fsp3) is 0.0952. The van der Waals surface area contributed by atoms with Crippen LogP contribution in [0.3, 0.4) is 0 Å². The van der Waals surface area contributed by atoms with Gasteiger partial charge in [0.2, 0.25) is 11.7 Å². The van der Waals surface area contributed by atoms with Gasteiger partial charge in [0.05, 0.1) is 11.9 Å². The Labute approximate surface area is 166 Å². The lowest BCUT2D eigenvalue weighted by Crippen LogP contribution is -2.34. The largest absolute Gasteiger partial charge is 0.361 e. The van der Waals surface area contributed by atoms with Gasteiger partial charge in [-0.05, 0) is 35.7 Å². The van der Waals surface area contributed by atoms with E-state index >= 15 is 4.39 Å². The normalized spacial score (nSPS) is 18.5. The van der Waals surface area contributed by atoms with Crippen molar-refractivity contribution in [3.63, 3.8) is 0 Å². The van der Waals surface area contributed by atoms with Gasteiger partial charge >= 0.3 is 0 Å². The molecular formula is C21H18FN7.